The number of nitrogens with one attached hydrogen (secondary N) is 2. The van der Waals surface area contributed by atoms with Crippen LogP contribution in [-0.2, 0) is 4.79 Å². The van der Waals surface area contributed by atoms with E-state index in [1.165, 1.54) is 5.57 Å². The van der Waals surface area contributed by atoms with E-state index in [0.717, 1.165) is 72.4 Å². The minimum atomic E-state index is -0.0522. The fraction of sp³-hybridized carbons (Fsp3) is 0.533. The van der Waals surface area contributed by atoms with Crippen molar-refractivity contribution in [2.45, 2.75) is 86.1 Å². The summed E-state index contributed by atoms with van der Waals surface area (Å²) in [7, 11) is 1.63. The van der Waals surface area contributed by atoms with Gasteiger partial charge in [-0.3, -0.25) is 4.79 Å². The largest absolute Gasteiger partial charge is 0.496 e. The molecule has 0 spiro atoms. The van der Waals surface area contributed by atoms with E-state index >= 15 is 0 Å². The lowest BCUT2D eigenvalue weighted by Gasteiger charge is -2.41. The Bertz CT molecular complexity index is 1000. The highest BCUT2D eigenvalue weighted by molar-refractivity contribution is 5.93. The maximum atomic E-state index is 13.1. The summed E-state index contributed by atoms with van der Waals surface area (Å²) in [6, 6.07) is 5.80. The molecule has 6 heteroatoms. The highest BCUT2D eigenvalue weighted by atomic mass is 16.5. The van der Waals surface area contributed by atoms with Gasteiger partial charge in [0.15, 0.2) is 0 Å². The predicted octanol–water partition coefficient (Wildman–Crippen LogP) is 7.13. The van der Waals surface area contributed by atoms with Gasteiger partial charge in [0.05, 0.1) is 13.7 Å². The number of anilines is 1. The Hall–Kier alpha value is -3.02. The molecule has 0 aromatic heterocycles. The first-order valence-electron chi connectivity index (χ1n) is 13.3. The van der Waals surface area contributed by atoms with Crippen molar-refractivity contribution in [3.63, 3.8) is 0 Å². The normalized spacial score (nSPS) is 22.5. The van der Waals surface area contributed by atoms with Crippen LogP contribution in [0, 0.1) is 12.8 Å². The van der Waals surface area contributed by atoms with Gasteiger partial charge in [-0.25, -0.2) is 4.79 Å². The minimum Gasteiger partial charge on any atom is -0.496 e. The number of carbonyl (C=O) groups excluding carboxylic acids is 2. The van der Waals surface area contributed by atoms with E-state index in [9.17, 15) is 9.59 Å². The van der Waals surface area contributed by atoms with Crippen LogP contribution >= 0.6 is 0 Å². The summed E-state index contributed by atoms with van der Waals surface area (Å²) < 4.78 is 5.37. The number of allylic oxidation sites excluding steroid dienone is 3. The van der Waals surface area contributed by atoms with Crippen molar-refractivity contribution in [2.75, 3.05) is 19.0 Å². The molecule has 2 aliphatic rings. The molecule has 1 aromatic carbocycles. The number of rotatable bonds is 7. The SMILES string of the molecule is C=C/C(C)=C1/CN(C2CCC(C(=O)Nc3ccc(C)c(OC)c3)CC2)C(=O)N/C1=C(/C)CCC.CC. The maximum Gasteiger partial charge on any atom is 0.322 e. The van der Waals surface area contributed by atoms with Crippen LogP contribution in [0.3, 0.4) is 0 Å². The predicted molar refractivity (Wildman–Crippen MR) is 149 cm³/mol. The highest BCUT2D eigenvalue weighted by Crippen LogP contribution is 2.33. The molecule has 2 fully saturated rings. The average molecular weight is 496 g/mol. The van der Waals surface area contributed by atoms with Crippen LogP contribution in [-0.4, -0.2) is 36.5 Å². The summed E-state index contributed by atoms with van der Waals surface area (Å²) in [5.74, 6) is 0.749. The van der Waals surface area contributed by atoms with Crippen LogP contribution in [0.4, 0.5) is 10.5 Å². The summed E-state index contributed by atoms with van der Waals surface area (Å²) in [6.07, 6.45) is 7.02. The van der Waals surface area contributed by atoms with E-state index in [0.29, 0.717) is 6.54 Å². The molecule has 0 radical (unpaired) electrons. The number of hydrogen-bond donors (Lipinski definition) is 2. The van der Waals surface area contributed by atoms with Gasteiger partial charge in [0.25, 0.3) is 0 Å². The lowest BCUT2D eigenvalue weighted by Crippen LogP contribution is -2.53. The molecule has 36 heavy (non-hydrogen) atoms. The van der Waals surface area contributed by atoms with Crippen LogP contribution in [0.5, 0.6) is 5.75 Å². The Balaban J connectivity index is 0.00000222. The monoisotopic (exact) mass is 495 g/mol. The van der Waals surface area contributed by atoms with Gasteiger partial charge in [-0.15, -0.1) is 0 Å². The molecule has 1 aliphatic heterocycles. The summed E-state index contributed by atoms with van der Waals surface area (Å²) in [5.41, 5.74) is 6.19. The van der Waals surface area contributed by atoms with Gasteiger partial charge in [-0.2, -0.15) is 0 Å². The van der Waals surface area contributed by atoms with Crippen LogP contribution in [0.25, 0.3) is 0 Å². The molecule has 1 saturated carbocycles. The van der Waals surface area contributed by atoms with Gasteiger partial charge in [0.2, 0.25) is 5.91 Å². The van der Waals surface area contributed by atoms with Crippen LogP contribution in [0.15, 0.2) is 53.3 Å². The molecular formula is C30H45N3O3. The number of ether oxygens (including phenoxy) is 1. The van der Waals surface area contributed by atoms with Crippen molar-refractivity contribution in [3.05, 3.63) is 58.8 Å². The Morgan fingerprint density at radius 1 is 1.22 bits per heavy atom. The number of benzene rings is 1. The standard InChI is InChI=1S/C28H39N3O3.C2H6/c1-7-9-20(5)26-24(18(3)8-2)17-31(28(33)30-26)23-14-11-21(12-15-23)27(32)29-22-13-10-19(4)25(16-22)34-6;1-2/h8,10,13,16,21,23H,2,7,9,11-12,14-15,17H2,1,3-6H3,(H,29,32)(H,30,33);1-2H3/b24-18-,26-20-;. The molecule has 6 nitrogen and oxygen atoms in total. The second-order valence-electron chi connectivity index (χ2n) is 9.51. The van der Waals surface area contributed by atoms with E-state index in [1.54, 1.807) is 7.11 Å². The first-order valence-corrected chi connectivity index (χ1v) is 13.3. The summed E-state index contributed by atoms with van der Waals surface area (Å²) in [5, 5.41) is 6.21. The Kier molecular flexibility index (Phi) is 11.3. The molecule has 1 aliphatic carbocycles. The molecular weight excluding hydrogens is 450 g/mol. The van der Waals surface area contributed by atoms with E-state index in [1.807, 2.05) is 49.9 Å². The third-order valence-electron chi connectivity index (χ3n) is 7.14. The van der Waals surface area contributed by atoms with Gasteiger partial charge in [0.1, 0.15) is 5.75 Å². The molecule has 0 atom stereocenters. The van der Waals surface area contributed by atoms with Crippen molar-refractivity contribution in [1.29, 1.82) is 0 Å². The van der Waals surface area contributed by atoms with Crippen molar-refractivity contribution in [3.8, 4) is 5.75 Å². The zero-order chi connectivity index (χ0) is 26.8. The second kappa shape index (κ2) is 13.9. The van der Waals surface area contributed by atoms with Gasteiger partial charge in [0, 0.05) is 29.4 Å². The van der Waals surface area contributed by atoms with E-state index in [4.69, 9.17) is 4.74 Å². The van der Waals surface area contributed by atoms with E-state index < -0.39 is 0 Å². The second-order valence-corrected chi connectivity index (χ2v) is 9.51. The van der Waals surface area contributed by atoms with Crippen molar-refractivity contribution >= 4 is 17.6 Å². The number of hydrogen-bond acceptors (Lipinski definition) is 3. The Labute approximate surface area is 217 Å². The van der Waals surface area contributed by atoms with Crippen LogP contribution in [0.2, 0.25) is 0 Å². The fourth-order valence-electron chi connectivity index (χ4n) is 4.97. The van der Waals surface area contributed by atoms with Gasteiger partial charge in [-0.1, -0.05) is 45.9 Å². The minimum absolute atomic E-state index is 0.0364. The average Bonchev–Trinajstić information content (AvgIpc) is 2.90. The molecule has 0 unspecified atom stereocenters. The highest BCUT2D eigenvalue weighted by Gasteiger charge is 2.35. The van der Waals surface area contributed by atoms with Crippen LogP contribution in [0.1, 0.15) is 78.7 Å². The third kappa shape index (κ3) is 7.02. The zero-order valence-corrected chi connectivity index (χ0v) is 23.3. The zero-order valence-electron chi connectivity index (χ0n) is 23.3. The van der Waals surface area contributed by atoms with Gasteiger partial charge < -0.3 is 20.3 Å². The number of amides is 3. The number of methoxy groups -OCH3 is 1. The first-order chi connectivity index (χ1) is 17.3. The summed E-state index contributed by atoms with van der Waals surface area (Å²) in [4.78, 5) is 27.9. The van der Waals surface area contributed by atoms with Gasteiger partial charge >= 0.3 is 6.03 Å². The van der Waals surface area contributed by atoms with Crippen molar-refractivity contribution in [2.24, 2.45) is 5.92 Å². The topological polar surface area (TPSA) is 70.7 Å². The fourth-order valence-corrected chi connectivity index (χ4v) is 4.97. The number of urea groups is 1. The molecule has 1 aromatic rings. The smallest absolute Gasteiger partial charge is 0.322 e. The Morgan fingerprint density at radius 3 is 2.47 bits per heavy atom. The third-order valence-corrected chi connectivity index (χ3v) is 7.14. The summed E-state index contributed by atoms with van der Waals surface area (Å²) >= 11 is 0. The Morgan fingerprint density at radius 2 is 1.89 bits per heavy atom. The van der Waals surface area contributed by atoms with E-state index in [2.05, 4.69) is 38.0 Å². The molecule has 3 amide bonds. The van der Waals surface area contributed by atoms with Crippen molar-refractivity contribution < 1.29 is 14.3 Å². The molecule has 1 saturated heterocycles. The number of carbonyl (C=O) groups is 2. The lowest BCUT2D eigenvalue weighted by molar-refractivity contribution is -0.121. The molecule has 198 valence electrons. The molecule has 1 heterocycles. The molecule has 3 rings (SSSR count). The lowest BCUT2D eigenvalue weighted by atomic mass is 9.84. The molecule has 0 bridgehead atoms. The quantitative estimate of drug-likeness (QED) is 0.423. The number of aryl methyl sites for hydroxylation is 1. The van der Waals surface area contributed by atoms with Gasteiger partial charge in [-0.05, 0) is 81.2 Å². The van der Waals surface area contributed by atoms with E-state index in [-0.39, 0.29) is 23.9 Å². The van der Waals surface area contributed by atoms with Crippen LogP contribution < -0.4 is 15.4 Å². The van der Waals surface area contributed by atoms with Crippen molar-refractivity contribution in [1.82, 2.24) is 10.2 Å². The molecule has 2 N–H and O–H groups in total. The first kappa shape index (κ1) is 29.2. The maximum absolute atomic E-state index is 13.1. The number of nitrogens with zero attached hydrogens (tertiary/aromatic N) is 1. The summed E-state index contributed by atoms with van der Waals surface area (Å²) in [6.45, 7) is 16.8.